The number of nitrogens with two attached hydrogens (primary N) is 1. The Hall–Kier alpha value is -3.93. The summed E-state index contributed by atoms with van der Waals surface area (Å²) in [6, 6.07) is 2.08. The summed E-state index contributed by atoms with van der Waals surface area (Å²) in [4.78, 5) is 4.47. The SMILES string of the molecule is CCC1C=CC=C(c2cn[nH]c2C)C1n1nc(C(C)CCC2=C(C)C=CC=CC=C2)c2ccnc(N)c21. The van der Waals surface area contributed by atoms with Crippen molar-refractivity contribution in [3.63, 3.8) is 0 Å². The van der Waals surface area contributed by atoms with Gasteiger partial charge in [-0.1, -0.05) is 68.5 Å². The molecule has 0 amide bonds. The molecule has 0 saturated carbocycles. The number of aromatic nitrogens is 5. The monoisotopic (exact) mass is 492 g/mol. The third-order valence-corrected chi connectivity index (χ3v) is 7.70. The fourth-order valence-electron chi connectivity index (χ4n) is 5.53. The lowest BCUT2D eigenvalue weighted by Crippen LogP contribution is -2.23. The lowest BCUT2D eigenvalue weighted by molar-refractivity contribution is 0.426. The Labute approximate surface area is 219 Å². The number of hydrogen-bond donors (Lipinski definition) is 2. The van der Waals surface area contributed by atoms with Crippen molar-refractivity contribution in [2.75, 3.05) is 5.73 Å². The topological polar surface area (TPSA) is 85.4 Å². The van der Waals surface area contributed by atoms with Gasteiger partial charge in [-0.3, -0.25) is 9.78 Å². The van der Waals surface area contributed by atoms with E-state index < -0.39 is 0 Å². The Balaban J connectivity index is 1.56. The van der Waals surface area contributed by atoms with E-state index in [-0.39, 0.29) is 17.9 Å². The number of aryl methyl sites for hydroxylation is 1. The minimum atomic E-state index is 0.0108. The van der Waals surface area contributed by atoms with Gasteiger partial charge in [0.1, 0.15) is 11.3 Å². The maximum absolute atomic E-state index is 6.54. The molecule has 0 fully saturated rings. The number of nitrogens with one attached hydrogen (secondary N) is 1. The van der Waals surface area contributed by atoms with Crippen molar-refractivity contribution in [2.24, 2.45) is 5.92 Å². The van der Waals surface area contributed by atoms with Gasteiger partial charge in [0, 0.05) is 34.7 Å². The second kappa shape index (κ2) is 10.6. The van der Waals surface area contributed by atoms with Crippen LogP contribution in [0.1, 0.15) is 68.9 Å². The summed E-state index contributed by atoms with van der Waals surface area (Å²) < 4.78 is 2.15. The van der Waals surface area contributed by atoms with Crippen LogP contribution in [0.25, 0.3) is 16.5 Å². The van der Waals surface area contributed by atoms with E-state index in [1.807, 2.05) is 6.20 Å². The molecule has 37 heavy (non-hydrogen) atoms. The first kappa shape index (κ1) is 24.8. The fraction of sp³-hybridized carbons (Fsp3) is 0.323. The van der Waals surface area contributed by atoms with E-state index in [1.54, 1.807) is 6.20 Å². The zero-order valence-electron chi connectivity index (χ0n) is 22.1. The first-order valence-electron chi connectivity index (χ1n) is 13.2. The van der Waals surface area contributed by atoms with Crippen LogP contribution in [0, 0.1) is 12.8 Å². The second-order valence-corrected chi connectivity index (χ2v) is 10.1. The Morgan fingerprint density at radius 2 is 1.92 bits per heavy atom. The molecule has 2 aliphatic rings. The van der Waals surface area contributed by atoms with Crippen LogP contribution >= 0.6 is 0 Å². The van der Waals surface area contributed by atoms with Crippen molar-refractivity contribution in [3.05, 3.63) is 101 Å². The lowest BCUT2D eigenvalue weighted by Gasteiger charge is -2.30. The van der Waals surface area contributed by atoms with Gasteiger partial charge in [-0.05, 0) is 55.9 Å². The average molecular weight is 493 g/mol. The minimum Gasteiger partial charge on any atom is -0.382 e. The Kier molecular flexibility index (Phi) is 7.08. The van der Waals surface area contributed by atoms with Gasteiger partial charge in [-0.15, -0.1) is 0 Å². The van der Waals surface area contributed by atoms with Crippen LogP contribution in [0.15, 0.2) is 84.3 Å². The van der Waals surface area contributed by atoms with Crippen LogP contribution in [-0.4, -0.2) is 25.0 Å². The molecule has 0 aromatic carbocycles. The Bertz CT molecular complexity index is 1470. The van der Waals surface area contributed by atoms with Gasteiger partial charge in [0.05, 0.1) is 17.9 Å². The molecule has 0 radical (unpaired) electrons. The lowest BCUT2D eigenvalue weighted by atomic mass is 9.83. The summed E-state index contributed by atoms with van der Waals surface area (Å²) in [7, 11) is 0. The Morgan fingerprint density at radius 3 is 2.68 bits per heavy atom. The van der Waals surface area contributed by atoms with Crippen molar-refractivity contribution in [1.29, 1.82) is 0 Å². The molecule has 190 valence electrons. The summed E-state index contributed by atoms with van der Waals surface area (Å²) in [6.07, 6.45) is 26.1. The molecule has 3 heterocycles. The quantitative estimate of drug-likeness (QED) is 0.367. The normalized spacial score (nSPS) is 20.4. The molecule has 0 saturated heterocycles. The molecule has 0 spiro atoms. The molecule has 0 aliphatic heterocycles. The number of rotatable bonds is 7. The molecule has 3 aromatic heterocycles. The molecule has 2 aliphatic carbocycles. The van der Waals surface area contributed by atoms with Crippen molar-refractivity contribution >= 4 is 22.3 Å². The number of fused-ring (bicyclic) bond motifs is 1. The van der Waals surface area contributed by atoms with Gasteiger partial charge in [0.25, 0.3) is 0 Å². The van der Waals surface area contributed by atoms with E-state index in [9.17, 15) is 0 Å². The number of allylic oxidation sites excluding steroid dienone is 12. The predicted octanol–water partition coefficient (Wildman–Crippen LogP) is 7.15. The summed E-state index contributed by atoms with van der Waals surface area (Å²) in [5, 5.41) is 13.8. The highest BCUT2D eigenvalue weighted by molar-refractivity contribution is 5.91. The molecule has 3 N–H and O–H groups in total. The van der Waals surface area contributed by atoms with Crippen LogP contribution in [-0.2, 0) is 0 Å². The number of nitrogen functional groups attached to an aromatic ring is 1. The zero-order chi connectivity index (χ0) is 25.9. The maximum Gasteiger partial charge on any atom is 0.149 e. The van der Waals surface area contributed by atoms with Crippen molar-refractivity contribution in [1.82, 2.24) is 25.0 Å². The standard InChI is InChI=1S/C31H36N6/c1-5-23-13-10-14-25(27-19-34-35-22(27)4)29(23)37-30-26(17-18-33-31(30)32)28(36-37)21(3)15-16-24-12-9-7-6-8-11-20(24)2/h6-14,17-19,21,23,29H,5,15-16H2,1-4H3,(H2,32,33)(H,34,35). The largest absolute Gasteiger partial charge is 0.382 e. The van der Waals surface area contributed by atoms with Crippen LogP contribution in [0.2, 0.25) is 0 Å². The van der Waals surface area contributed by atoms with Gasteiger partial charge in [-0.25, -0.2) is 4.98 Å². The van der Waals surface area contributed by atoms with Gasteiger partial charge in [0.15, 0.2) is 0 Å². The third-order valence-electron chi connectivity index (χ3n) is 7.70. The predicted molar refractivity (Wildman–Crippen MR) is 153 cm³/mol. The number of hydrogen-bond acceptors (Lipinski definition) is 4. The zero-order valence-corrected chi connectivity index (χ0v) is 22.1. The highest BCUT2D eigenvalue weighted by Gasteiger charge is 2.32. The van der Waals surface area contributed by atoms with Gasteiger partial charge < -0.3 is 5.73 Å². The highest BCUT2D eigenvalue weighted by Crippen LogP contribution is 2.43. The summed E-state index contributed by atoms with van der Waals surface area (Å²) in [6.45, 7) is 8.75. The van der Waals surface area contributed by atoms with Gasteiger partial charge in [-0.2, -0.15) is 10.2 Å². The van der Waals surface area contributed by atoms with Crippen LogP contribution in [0.3, 0.4) is 0 Å². The average Bonchev–Trinajstić information content (AvgIpc) is 3.49. The molecule has 0 bridgehead atoms. The highest BCUT2D eigenvalue weighted by atomic mass is 15.3. The number of nitrogens with zero attached hydrogens (tertiary/aromatic N) is 4. The molecule has 3 atom stereocenters. The van der Waals surface area contributed by atoms with E-state index >= 15 is 0 Å². The summed E-state index contributed by atoms with van der Waals surface area (Å²) in [5.41, 5.74) is 14.6. The number of H-pyrrole nitrogens is 1. The third kappa shape index (κ3) is 4.76. The smallest absolute Gasteiger partial charge is 0.149 e. The molecular formula is C31H36N6. The first-order chi connectivity index (χ1) is 18.0. The fourth-order valence-corrected chi connectivity index (χ4v) is 5.53. The van der Waals surface area contributed by atoms with Crippen molar-refractivity contribution in [3.8, 4) is 0 Å². The number of anilines is 1. The van der Waals surface area contributed by atoms with E-state index in [4.69, 9.17) is 10.8 Å². The molecule has 6 nitrogen and oxygen atoms in total. The van der Waals surface area contributed by atoms with Gasteiger partial charge in [0.2, 0.25) is 0 Å². The van der Waals surface area contributed by atoms with Crippen molar-refractivity contribution in [2.45, 2.75) is 58.9 Å². The Morgan fingerprint density at radius 1 is 1.11 bits per heavy atom. The summed E-state index contributed by atoms with van der Waals surface area (Å²) >= 11 is 0. The van der Waals surface area contributed by atoms with E-state index in [1.165, 1.54) is 16.7 Å². The molecule has 6 heteroatoms. The van der Waals surface area contributed by atoms with Crippen LogP contribution in [0.5, 0.6) is 0 Å². The van der Waals surface area contributed by atoms with Crippen LogP contribution in [0.4, 0.5) is 5.82 Å². The molecule has 3 aromatic rings. The van der Waals surface area contributed by atoms with E-state index in [2.05, 4.69) is 108 Å². The molecular weight excluding hydrogens is 456 g/mol. The first-order valence-corrected chi connectivity index (χ1v) is 13.2. The van der Waals surface area contributed by atoms with Gasteiger partial charge >= 0.3 is 0 Å². The number of pyridine rings is 1. The molecule has 5 rings (SSSR count). The van der Waals surface area contributed by atoms with Crippen LogP contribution < -0.4 is 5.73 Å². The second-order valence-electron chi connectivity index (χ2n) is 10.1. The van der Waals surface area contributed by atoms with Crippen molar-refractivity contribution < 1.29 is 0 Å². The van der Waals surface area contributed by atoms with E-state index in [0.29, 0.717) is 5.82 Å². The van der Waals surface area contributed by atoms with E-state index in [0.717, 1.165) is 47.1 Å². The number of aromatic amines is 1. The molecule has 3 unspecified atom stereocenters. The minimum absolute atomic E-state index is 0.0108. The summed E-state index contributed by atoms with van der Waals surface area (Å²) in [5.74, 6) is 1.06. The maximum atomic E-state index is 6.54.